The van der Waals surface area contributed by atoms with E-state index in [-0.39, 0.29) is 12.3 Å². The zero-order chi connectivity index (χ0) is 25.0. The van der Waals surface area contributed by atoms with Gasteiger partial charge in [0.25, 0.3) is 0 Å². The van der Waals surface area contributed by atoms with E-state index in [0.29, 0.717) is 5.92 Å². The van der Waals surface area contributed by atoms with Crippen LogP contribution in [-0.2, 0) is 19.1 Å². The summed E-state index contributed by atoms with van der Waals surface area (Å²) in [5.41, 5.74) is 0. The zero-order valence-electron chi connectivity index (χ0n) is 21.2. The monoisotopic (exact) mass is 470 g/mol. The van der Waals surface area contributed by atoms with Gasteiger partial charge >= 0.3 is 11.9 Å². The van der Waals surface area contributed by atoms with Gasteiger partial charge in [0.05, 0.1) is 0 Å². The Kier molecular flexibility index (Phi) is 13.5. The number of carbonyl (C=O) groups excluding carboxylic acids is 2. The smallest absolute Gasteiger partial charge is 0.377 e. The van der Waals surface area contributed by atoms with Gasteiger partial charge in [-0.2, -0.15) is 0 Å². The molecule has 0 spiro atoms. The number of esters is 2. The maximum atomic E-state index is 12.0. The number of carbonyl (C=O) groups is 2. The first-order chi connectivity index (χ1) is 15.5. The van der Waals surface area contributed by atoms with Gasteiger partial charge in [-0.15, -0.1) is 0 Å². The van der Waals surface area contributed by atoms with Crippen LogP contribution in [0.25, 0.3) is 0 Å². The van der Waals surface area contributed by atoms with Gasteiger partial charge in [0, 0.05) is 6.42 Å². The van der Waals surface area contributed by atoms with Gasteiger partial charge in [-0.1, -0.05) is 92.4 Å². The number of aliphatic hydroxyl groups excluding tert-OH is 3. The van der Waals surface area contributed by atoms with Crippen molar-refractivity contribution >= 4 is 11.9 Å². The fourth-order valence-corrected chi connectivity index (χ4v) is 4.23. The van der Waals surface area contributed by atoms with Gasteiger partial charge in [0.15, 0.2) is 11.9 Å². The van der Waals surface area contributed by atoms with Crippen molar-refractivity contribution < 1.29 is 34.4 Å². The highest BCUT2D eigenvalue weighted by Gasteiger charge is 2.39. The van der Waals surface area contributed by atoms with Crippen LogP contribution in [0.1, 0.15) is 98.8 Å². The lowest BCUT2D eigenvalue weighted by molar-refractivity contribution is -0.155. The Morgan fingerprint density at radius 1 is 0.879 bits per heavy atom. The number of hydrogen-bond donors (Lipinski definition) is 3. The molecule has 0 amide bonds. The van der Waals surface area contributed by atoms with Crippen LogP contribution in [0.2, 0.25) is 0 Å². The van der Waals surface area contributed by atoms with Crippen LogP contribution < -0.4 is 0 Å². The first kappa shape index (κ1) is 29.3. The second-order valence-corrected chi connectivity index (χ2v) is 10.5. The third kappa shape index (κ3) is 11.8. The van der Waals surface area contributed by atoms with Gasteiger partial charge in [0.1, 0.15) is 12.7 Å². The van der Waals surface area contributed by atoms with E-state index in [1.807, 2.05) is 6.92 Å². The summed E-state index contributed by atoms with van der Waals surface area (Å²) in [6.45, 7) is 10.8. The van der Waals surface area contributed by atoms with Gasteiger partial charge in [0.2, 0.25) is 5.76 Å². The summed E-state index contributed by atoms with van der Waals surface area (Å²) >= 11 is 0. The van der Waals surface area contributed by atoms with Crippen LogP contribution in [0.5, 0.6) is 0 Å². The molecule has 0 saturated heterocycles. The molecule has 0 saturated carbocycles. The number of ether oxygens (including phenoxy) is 2. The fourth-order valence-electron chi connectivity index (χ4n) is 4.23. The topological polar surface area (TPSA) is 113 Å². The molecular formula is C26H46O7. The molecule has 0 radical (unpaired) electrons. The van der Waals surface area contributed by atoms with E-state index in [0.717, 1.165) is 31.1 Å². The van der Waals surface area contributed by atoms with Crippen molar-refractivity contribution in [2.75, 3.05) is 6.61 Å². The summed E-state index contributed by atoms with van der Waals surface area (Å²) in [6.07, 6.45) is 8.41. The van der Waals surface area contributed by atoms with Crippen LogP contribution in [0.4, 0.5) is 0 Å². The van der Waals surface area contributed by atoms with Gasteiger partial charge < -0.3 is 24.8 Å². The third-order valence-electron chi connectivity index (χ3n) is 6.49. The van der Waals surface area contributed by atoms with E-state index in [1.54, 1.807) is 0 Å². The molecule has 0 aromatic heterocycles. The normalized spacial score (nSPS) is 20.0. The molecule has 7 heteroatoms. The minimum atomic E-state index is -1.43. The molecule has 1 aliphatic heterocycles. The molecule has 5 atom stereocenters. The molecule has 1 aliphatic rings. The molecule has 1 heterocycles. The van der Waals surface area contributed by atoms with E-state index in [2.05, 4.69) is 32.4 Å². The maximum Gasteiger partial charge on any atom is 0.377 e. The van der Waals surface area contributed by atoms with E-state index in [4.69, 9.17) is 4.74 Å². The summed E-state index contributed by atoms with van der Waals surface area (Å²) in [5, 5.41) is 28.8. The Morgan fingerprint density at radius 2 is 1.36 bits per heavy atom. The summed E-state index contributed by atoms with van der Waals surface area (Å²) in [4.78, 5) is 23.2. The highest BCUT2D eigenvalue weighted by molar-refractivity contribution is 5.89. The second kappa shape index (κ2) is 15.2. The van der Waals surface area contributed by atoms with Crippen molar-refractivity contribution in [2.45, 2.75) is 111 Å². The second-order valence-electron chi connectivity index (χ2n) is 10.5. The van der Waals surface area contributed by atoms with Crippen molar-refractivity contribution in [1.29, 1.82) is 0 Å². The Balaban J connectivity index is 2.12. The summed E-state index contributed by atoms with van der Waals surface area (Å²) in [5.74, 6) is -0.755. The Labute approximate surface area is 199 Å². The van der Waals surface area contributed by atoms with Crippen LogP contribution >= 0.6 is 0 Å². The highest BCUT2D eigenvalue weighted by atomic mass is 16.6. The van der Waals surface area contributed by atoms with Crippen molar-refractivity contribution in [3.8, 4) is 0 Å². The molecule has 3 N–H and O–H groups in total. The quantitative estimate of drug-likeness (QED) is 0.237. The third-order valence-corrected chi connectivity index (χ3v) is 6.49. The largest absolute Gasteiger partial charge is 0.505 e. The highest BCUT2D eigenvalue weighted by Crippen LogP contribution is 2.24. The summed E-state index contributed by atoms with van der Waals surface area (Å²) in [6, 6.07) is 0. The molecule has 33 heavy (non-hydrogen) atoms. The molecule has 0 fully saturated rings. The molecule has 1 rings (SSSR count). The predicted octanol–water partition coefficient (Wildman–Crippen LogP) is 5.61. The van der Waals surface area contributed by atoms with Crippen LogP contribution in [0.3, 0.4) is 0 Å². The minimum Gasteiger partial charge on any atom is -0.505 e. The fraction of sp³-hybridized carbons (Fsp3) is 0.846. The Hall–Kier alpha value is -1.76. The molecule has 0 aromatic rings. The maximum absolute atomic E-state index is 12.0. The standard InChI is InChI=1S/C26H46O7/c1-17(2)9-6-10-18(3)11-7-12-19(4)13-8-14-20(5)15-22(28)32-16-21(27)25-23(29)24(30)26(31)33-25/h17-21,25,27,29-30H,6-16H2,1-5H3/t18?,19?,20?,21-,25+/m0/s1. The Bertz CT molecular complexity index is 628. The molecule has 0 aliphatic carbocycles. The predicted molar refractivity (Wildman–Crippen MR) is 128 cm³/mol. The lowest BCUT2D eigenvalue weighted by atomic mass is 9.91. The molecule has 3 unspecified atom stereocenters. The molecular weight excluding hydrogens is 424 g/mol. The Morgan fingerprint density at radius 3 is 1.82 bits per heavy atom. The SMILES string of the molecule is CC(C)CCCC(C)CCCC(C)CCCC(C)CC(=O)OC[C@H](O)[C@H]1OC(=O)C(O)=C1O. The van der Waals surface area contributed by atoms with E-state index < -0.39 is 42.3 Å². The van der Waals surface area contributed by atoms with Gasteiger partial charge in [-0.05, 0) is 23.7 Å². The van der Waals surface area contributed by atoms with Crippen molar-refractivity contribution in [1.82, 2.24) is 0 Å². The average Bonchev–Trinajstić information content (AvgIpc) is 2.99. The van der Waals surface area contributed by atoms with Gasteiger partial charge in [-0.3, -0.25) is 4.79 Å². The molecule has 192 valence electrons. The average molecular weight is 471 g/mol. The lowest BCUT2D eigenvalue weighted by Gasteiger charge is -2.18. The van der Waals surface area contributed by atoms with Crippen LogP contribution in [-0.4, -0.2) is 46.1 Å². The number of hydrogen-bond acceptors (Lipinski definition) is 7. The molecule has 0 bridgehead atoms. The minimum absolute atomic E-state index is 0.171. The van der Waals surface area contributed by atoms with Gasteiger partial charge in [-0.25, -0.2) is 4.79 Å². The van der Waals surface area contributed by atoms with E-state index in [1.165, 1.54) is 38.5 Å². The van der Waals surface area contributed by atoms with E-state index in [9.17, 15) is 24.9 Å². The number of cyclic esters (lactones) is 1. The van der Waals surface area contributed by atoms with Crippen molar-refractivity contribution in [3.05, 3.63) is 11.5 Å². The van der Waals surface area contributed by atoms with Crippen LogP contribution in [0, 0.1) is 23.7 Å². The number of aliphatic hydroxyl groups is 3. The summed E-state index contributed by atoms with van der Waals surface area (Å²) < 4.78 is 9.70. The van der Waals surface area contributed by atoms with Crippen molar-refractivity contribution in [3.63, 3.8) is 0 Å². The summed E-state index contributed by atoms with van der Waals surface area (Å²) in [7, 11) is 0. The first-order valence-electron chi connectivity index (χ1n) is 12.7. The zero-order valence-corrected chi connectivity index (χ0v) is 21.2. The van der Waals surface area contributed by atoms with Crippen LogP contribution in [0.15, 0.2) is 11.5 Å². The molecule has 7 nitrogen and oxygen atoms in total. The van der Waals surface area contributed by atoms with E-state index >= 15 is 0 Å². The molecule has 0 aromatic carbocycles. The first-order valence-corrected chi connectivity index (χ1v) is 12.7. The van der Waals surface area contributed by atoms with Crippen molar-refractivity contribution in [2.24, 2.45) is 23.7 Å². The number of rotatable bonds is 17. The lowest BCUT2D eigenvalue weighted by Crippen LogP contribution is -2.33.